The Morgan fingerprint density at radius 1 is 1.40 bits per heavy atom. The van der Waals surface area contributed by atoms with Crippen LogP contribution in [0.3, 0.4) is 0 Å². The fourth-order valence-corrected chi connectivity index (χ4v) is 2.99. The average Bonchev–Trinajstić information content (AvgIpc) is 3.21. The fourth-order valence-electron chi connectivity index (χ4n) is 2.80. The molecule has 0 bridgehead atoms. The number of rotatable bonds is 4. The third kappa shape index (κ3) is 4.51. The van der Waals surface area contributed by atoms with Gasteiger partial charge in [-0.15, -0.1) is 0 Å². The highest BCUT2D eigenvalue weighted by molar-refractivity contribution is 6.30. The summed E-state index contributed by atoms with van der Waals surface area (Å²) in [6.45, 7) is 2.84. The first-order valence-corrected chi connectivity index (χ1v) is 8.40. The average molecular weight is 363 g/mol. The maximum absolute atomic E-state index is 12.2. The van der Waals surface area contributed by atoms with E-state index in [1.54, 1.807) is 23.1 Å². The number of hydrogen-bond acceptors (Lipinski definition) is 4. The summed E-state index contributed by atoms with van der Waals surface area (Å²) in [5, 5.41) is 10.3. The van der Waals surface area contributed by atoms with Crippen LogP contribution in [0.25, 0.3) is 11.3 Å². The van der Waals surface area contributed by atoms with Crippen molar-refractivity contribution in [1.82, 2.24) is 20.7 Å². The first-order chi connectivity index (χ1) is 12.0. The van der Waals surface area contributed by atoms with Gasteiger partial charge < -0.3 is 20.1 Å². The zero-order valence-electron chi connectivity index (χ0n) is 13.8. The number of nitrogens with zero attached hydrogens (tertiary/aromatic N) is 2. The largest absolute Gasteiger partial charge is 0.359 e. The summed E-state index contributed by atoms with van der Waals surface area (Å²) >= 11 is 5.97. The predicted octanol–water partition coefficient (Wildman–Crippen LogP) is 2.42. The van der Waals surface area contributed by atoms with Crippen LogP contribution in [0.5, 0.6) is 0 Å². The van der Waals surface area contributed by atoms with Gasteiger partial charge >= 0.3 is 6.03 Å². The summed E-state index contributed by atoms with van der Waals surface area (Å²) < 4.78 is 5.26. The molecule has 1 aliphatic rings. The maximum Gasteiger partial charge on any atom is 0.317 e. The van der Waals surface area contributed by atoms with Crippen LogP contribution in [0.15, 0.2) is 34.9 Å². The van der Waals surface area contributed by atoms with Crippen molar-refractivity contribution in [3.8, 4) is 11.3 Å². The lowest BCUT2D eigenvalue weighted by molar-refractivity contribution is -0.119. The minimum Gasteiger partial charge on any atom is -0.359 e. The van der Waals surface area contributed by atoms with Crippen LogP contribution in [0.4, 0.5) is 4.79 Å². The topological polar surface area (TPSA) is 87.5 Å². The number of carbonyl (C=O) groups excluding carboxylic acids is 2. The lowest BCUT2D eigenvalue weighted by Crippen LogP contribution is -2.41. The minimum absolute atomic E-state index is 0.0166. The number of carbonyl (C=O) groups is 2. The van der Waals surface area contributed by atoms with Gasteiger partial charge in [-0.3, -0.25) is 4.79 Å². The second-order valence-electron chi connectivity index (χ2n) is 5.98. The Morgan fingerprint density at radius 3 is 3.00 bits per heavy atom. The third-order valence-corrected chi connectivity index (χ3v) is 4.21. The zero-order chi connectivity index (χ0) is 17.8. The van der Waals surface area contributed by atoms with Crippen molar-refractivity contribution in [3.05, 3.63) is 41.1 Å². The molecular weight excluding hydrogens is 344 g/mol. The summed E-state index contributed by atoms with van der Waals surface area (Å²) in [5.41, 5.74) is 1.52. The minimum atomic E-state index is -0.187. The molecule has 1 aliphatic heterocycles. The second-order valence-corrected chi connectivity index (χ2v) is 6.42. The number of nitrogens with one attached hydrogen (secondary N) is 2. The van der Waals surface area contributed by atoms with E-state index in [0.717, 1.165) is 12.0 Å². The van der Waals surface area contributed by atoms with E-state index in [-0.39, 0.29) is 24.5 Å². The Bertz CT molecular complexity index is 777. The van der Waals surface area contributed by atoms with Crippen molar-refractivity contribution in [2.45, 2.75) is 25.9 Å². The van der Waals surface area contributed by atoms with Crippen molar-refractivity contribution in [2.75, 3.05) is 13.1 Å². The van der Waals surface area contributed by atoms with Crippen LogP contribution >= 0.6 is 11.6 Å². The van der Waals surface area contributed by atoms with E-state index in [1.165, 1.54) is 6.92 Å². The molecular formula is C17H19ClN4O3. The Labute approximate surface area is 150 Å². The highest BCUT2D eigenvalue weighted by atomic mass is 35.5. The Hall–Kier alpha value is -2.54. The second kappa shape index (κ2) is 7.57. The number of halogens is 1. The highest BCUT2D eigenvalue weighted by Gasteiger charge is 2.26. The molecule has 0 spiro atoms. The van der Waals surface area contributed by atoms with Gasteiger partial charge in [-0.1, -0.05) is 28.9 Å². The van der Waals surface area contributed by atoms with Crippen LogP contribution in [0.2, 0.25) is 5.02 Å². The molecule has 1 saturated heterocycles. The summed E-state index contributed by atoms with van der Waals surface area (Å²) in [6.07, 6.45) is 0.758. The summed E-state index contributed by atoms with van der Waals surface area (Å²) in [7, 11) is 0. The molecule has 0 radical (unpaired) electrons. The standard InChI is InChI=1S/C17H19ClN4O3/c1-11(23)20-14-5-6-22(10-14)17(24)19-9-15-8-16(21-25-15)12-3-2-4-13(18)7-12/h2-4,7-8,14H,5-6,9-10H2,1H3,(H,19,24)(H,20,23)/t14-/m0/s1. The van der Waals surface area contributed by atoms with Crippen molar-refractivity contribution < 1.29 is 14.1 Å². The monoisotopic (exact) mass is 362 g/mol. The lowest BCUT2D eigenvalue weighted by Gasteiger charge is -2.17. The van der Waals surface area contributed by atoms with Crippen LogP contribution in [-0.2, 0) is 11.3 Å². The molecule has 1 aromatic carbocycles. The van der Waals surface area contributed by atoms with Crippen LogP contribution in [0.1, 0.15) is 19.1 Å². The maximum atomic E-state index is 12.2. The van der Waals surface area contributed by atoms with E-state index in [1.807, 2.05) is 12.1 Å². The number of likely N-dealkylation sites (tertiary alicyclic amines) is 1. The summed E-state index contributed by atoms with van der Waals surface area (Å²) in [6, 6.07) is 8.92. The number of amides is 3. The van der Waals surface area contributed by atoms with Crippen molar-refractivity contribution in [1.29, 1.82) is 0 Å². The van der Waals surface area contributed by atoms with Crippen LogP contribution in [0, 0.1) is 0 Å². The number of benzene rings is 1. The normalized spacial score (nSPS) is 16.7. The van der Waals surface area contributed by atoms with Gasteiger partial charge in [-0.05, 0) is 18.6 Å². The number of hydrogen-bond donors (Lipinski definition) is 2. The van der Waals surface area contributed by atoms with Gasteiger partial charge in [0.15, 0.2) is 5.76 Å². The van der Waals surface area contributed by atoms with Gasteiger partial charge in [-0.25, -0.2) is 4.79 Å². The summed E-state index contributed by atoms with van der Waals surface area (Å²) in [5.74, 6) is 0.475. The van der Waals surface area contributed by atoms with Gasteiger partial charge in [-0.2, -0.15) is 0 Å². The van der Waals surface area contributed by atoms with Crippen molar-refractivity contribution >= 4 is 23.5 Å². The van der Waals surface area contributed by atoms with Crippen molar-refractivity contribution in [2.24, 2.45) is 0 Å². The Morgan fingerprint density at radius 2 is 2.24 bits per heavy atom. The molecule has 1 aromatic heterocycles. The molecule has 0 saturated carbocycles. The predicted molar refractivity (Wildman–Crippen MR) is 93.0 cm³/mol. The van der Waals surface area contributed by atoms with E-state index in [2.05, 4.69) is 15.8 Å². The molecule has 1 atom stereocenters. The summed E-state index contributed by atoms with van der Waals surface area (Å²) in [4.78, 5) is 24.9. The van der Waals surface area contributed by atoms with Crippen LogP contribution in [-0.4, -0.2) is 41.1 Å². The van der Waals surface area contributed by atoms with E-state index in [4.69, 9.17) is 16.1 Å². The molecule has 132 valence electrons. The number of aromatic nitrogens is 1. The molecule has 2 aromatic rings. The quantitative estimate of drug-likeness (QED) is 0.874. The molecule has 8 heteroatoms. The van der Waals surface area contributed by atoms with E-state index in [9.17, 15) is 9.59 Å². The van der Waals surface area contributed by atoms with Crippen LogP contribution < -0.4 is 10.6 Å². The van der Waals surface area contributed by atoms with Gasteiger partial charge in [0.1, 0.15) is 5.69 Å². The SMILES string of the molecule is CC(=O)N[C@H]1CCN(C(=O)NCc2cc(-c3cccc(Cl)c3)no2)C1. The molecule has 2 heterocycles. The molecule has 2 N–H and O–H groups in total. The van der Waals surface area contributed by atoms with E-state index >= 15 is 0 Å². The Balaban J connectivity index is 1.52. The lowest BCUT2D eigenvalue weighted by atomic mass is 10.1. The molecule has 0 unspecified atom stereocenters. The van der Waals surface area contributed by atoms with Gasteiger partial charge in [0.25, 0.3) is 0 Å². The van der Waals surface area contributed by atoms with E-state index < -0.39 is 0 Å². The van der Waals surface area contributed by atoms with Gasteiger partial charge in [0.05, 0.1) is 6.54 Å². The zero-order valence-corrected chi connectivity index (χ0v) is 14.5. The molecule has 7 nitrogen and oxygen atoms in total. The molecule has 25 heavy (non-hydrogen) atoms. The van der Waals surface area contributed by atoms with Gasteiger partial charge in [0, 0.05) is 42.7 Å². The smallest absolute Gasteiger partial charge is 0.317 e. The highest BCUT2D eigenvalue weighted by Crippen LogP contribution is 2.22. The van der Waals surface area contributed by atoms with Crippen molar-refractivity contribution in [3.63, 3.8) is 0 Å². The molecule has 0 aliphatic carbocycles. The molecule has 3 amide bonds. The van der Waals surface area contributed by atoms with Gasteiger partial charge in [0.2, 0.25) is 5.91 Å². The van der Waals surface area contributed by atoms with E-state index in [0.29, 0.717) is 29.6 Å². The first kappa shape index (κ1) is 17.3. The molecule has 1 fully saturated rings. The third-order valence-electron chi connectivity index (χ3n) is 3.98. The fraction of sp³-hybridized carbons (Fsp3) is 0.353. The molecule has 3 rings (SSSR count). The first-order valence-electron chi connectivity index (χ1n) is 8.02. The Kier molecular flexibility index (Phi) is 5.23. The number of urea groups is 1.